The number of nitrogens with zero attached hydrogens (tertiary/aromatic N) is 4. The number of rotatable bonds is 4. The number of likely N-dealkylation sites (tertiary alicyclic amines) is 1. The summed E-state index contributed by atoms with van der Waals surface area (Å²) in [6, 6.07) is 16.1. The Hall–Kier alpha value is -3.68. The van der Waals surface area contributed by atoms with E-state index in [1.165, 1.54) is 0 Å². The van der Waals surface area contributed by atoms with Crippen LogP contribution in [-0.4, -0.2) is 58.1 Å². The maximum atomic E-state index is 13.9. The van der Waals surface area contributed by atoms with Gasteiger partial charge in [0.1, 0.15) is 5.69 Å². The molecule has 3 amide bonds. The Morgan fingerprint density at radius 3 is 2.42 bits per heavy atom. The van der Waals surface area contributed by atoms with Gasteiger partial charge in [0, 0.05) is 50.7 Å². The number of nitrogens with one attached hydrogen (secondary N) is 1. The number of aryl methyl sites for hydroxylation is 1. The molecular formula is C30H35N5O3. The molecule has 8 nitrogen and oxygen atoms in total. The summed E-state index contributed by atoms with van der Waals surface area (Å²) in [6.07, 6.45) is 5.09. The molecule has 1 saturated carbocycles. The third-order valence-electron chi connectivity index (χ3n) is 9.01. The molecule has 2 fully saturated rings. The quantitative estimate of drug-likeness (QED) is 0.575. The number of carbonyl (C=O) groups is 3. The normalized spacial score (nSPS) is 22.6. The van der Waals surface area contributed by atoms with Crippen LogP contribution in [0.2, 0.25) is 0 Å². The molecule has 0 bridgehead atoms. The summed E-state index contributed by atoms with van der Waals surface area (Å²) in [6.45, 7) is 3.56. The summed E-state index contributed by atoms with van der Waals surface area (Å²) in [5.41, 5.74) is 3.07. The third-order valence-corrected chi connectivity index (χ3v) is 9.01. The van der Waals surface area contributed by atoms with Gasteiger partial charge in [0.15, 0.2) is 0 Å². The van der Waals surface area contributed by atoms with Crippen LogP contribution >= 0.6 is 0 Å². The SMILES string of the molecule is CC(=O)N1CCC2(CC1)C(=O)N(CC1CCC(NC(=O)c3c4ccccc4nn3C)CC1)c1ccccc12. The number of aromatic nitrogens is 2. The van der Waals surface area contributed by atoms with Gasteiger partial charge in [-0.05, 0) is 62.1 Å². The van der Waals surface area contributed by atoms with Crippen LogP contribution in [0, 0.1) is 5.92 Å². The summed E-state index contributed by atoms with van der Waals surface area (Å²) in [5, 5.41) is 8.58. The molecule has 6 rings (SSSR count). The lowest BCUT2D eigenvalue weighted by Crippen LogP contribution is -2.50. The van der Waals surface area contributed by atoms with E-state index in [0.717, 1.165) is 47.8 Å². The predicted octanol–water partition coefficient (Wildman–Crippen LogP) is 3.79. The number of piperidine rings is 1. The predicted molar refractivity (Wildman–Crippen MR) is 146 cm³/mol. The molecule has 8 heteroatoms. The first kappa shape index (κ1) is 24.6. The van der Waals surface area contributed by atoms with E-state index in [9.17, 15) is 14.4 Å². The molecule has 1 N–H and O–H groups in total. The summed E-state index contributed by atoms with van der Waals surface area (Å²) in [4.78, 5) is 42.8. The van der Waals surface area contributed by atoms with Crippen molar-refractivity contribution < 1.29 is 14.4 Å². The van der Waals surface area contributed by atoms with Gasteiger partial charge in [0.25, 0.3) is 5.91 Å². The first-order valence-electron chi connectivity index (χ1n) is 13.8. The van der Waals surface area contributed by atoms with Crippen molar-refractivity contribution in [2.45, 2.75) is 56.9 Å². The van der Waals surface area contributed by atoms with Crippen LogP contribution in [0.4, 0.5) is 5.69 Å². The lowest BCUT2D eigenvalue weighted by molar-refractivity contribution is -0.133. The lowest BCUT2D eigenvalue weighted by atomic mass is 9.73. The number of hydrogen-bond acceptors (Lipinski definition) is 4. The van der Waals surface area contributed by atoms with Crippen molar-refractivity contribution >= 4 is 34.3 Å². The van der Waals surface area contributed by atoms with Gasteiger partial charge < -0.3 is 15.1 Å². The second-order valence-electron chi connectivity index (χ2n) is 11.2. The Morgan fingerprint density at radius 1 is 1.00 bits per heavy atom. The summed E-state index contributed by atoms with van der Waals surface area (Å²) in [7, 11) is 1.81. The average molecular weight is 514 g/mol. The molecule has 3 heterocycles. The van der Waals surface area contributed by atoms with Crippen molar-refractivity contribution in [1.82, 2.24) is 20.0 Å². The topological polar surface area (TPSA) is 87.5 Å². The first-order valence-corrected chi connectivity index (χ1v) is 13.8. The number of hydrogen-bond donors (Lipinski definition) is 1. The van der Waals surface area contributed by atoms with Crippen molar-refractivity contribution in [3.8, 4) is 0 Å². The van der Waals surface area contributed by atoms with E-state index >= 15 is 0 Å². The number of carbonyl (C=O) groups excluding carboxylic acids is 3. The molecule has 198 valence electrons. The van der Waals surface area contributed by atoms with Crippen LogP contribution in [0.15, 0.2) is 48.5 Å². The van der Waals surface area contributed by atoms with Crippen molar-refractivity contribution in [3.63, 3.8) is 0 Å². The standard InChI is InChI=1S/C30H35N5O3/c1-20(36)34-17-15-30(16-18-34)24-8-4-6-10-26(24)35(29(30)38)19-21-11-13-22(14-12-21)31-28(37)27-23-7-3-5-9-25(23)32-33(27)2/h3-10,21-22H,11-19H2,1-2H3,(H,31,37). The van der Waals surface area contributed by atoms with Crippen LogP contribution in [0.1, 0.15) is 61.5 Å². The van der Waals surface area contributed by atoms with Crippen LogP contribution in [0.3, 0.4) is 0 Å². The van der Waals surface area contributed by atoms with Crippen LogP contribution in [-0.2, 0) is 22.1 Å². The Kier molecular flexibility index (Phi) is 6.20. The highest BCUT2D eigenvalue weighted by molar-refractivity contribution is 6.08. The van der Waals surface area contributed by atoms with Gasteiger partial charge in [0.05, 0.1) is 10.9 Å². The zero-order valence-corrected chi connectivity index (χ0v) is 22.2. The number of benzene rings is 2. The minimum Gasteiger partial charge on any atom is -0.348 e. The maximum absolute atomic E-state index is 13.9. The van der Waals surface area contributed by atoms with Gasteiger partial charge >= 0.3 is 0 Å². The minimum absolute atomic E-state index is 0.0767. The van der Waals surface area contributed by atoms with Gasteiger partial charge in [-0.15, -0.1) is 0 Å². The Morgan fingerprint density at radius 2 is 1.68 bits per heavy atom. The fourth-order valence-corrected chi connectivity index (χ4v) is 6.88. The molecule has 38 heavy (non-hydrogen) atoms. The van der Waals surface area contributed by atoms with E-state index in [1.54, 1.807) is 11.6 Å². The Bertz CT molecular complexity index is 1400. The summed E-state index contributed by atoms with van der Waals surface area (Å²) in [5.74, 6) is 0.591. The third kappa shape index (κ3) is 4.06. The van der Waals surface area contributed by atoms with E-state index in [1.807, 2.05) is 53.2 Å². The minimum atomic E-state index is -0.514. The molecule has 2 aromatic carbocycles. The van der Waals surface area contributed by atoms with Crippen LogP contribution in [0.5, 0.6) is 0 Å². The van der Waals surface area contributed by atoms with Crippen LogP contribution < -0.4 is 10.2 Å². The monoisotopic (exact) mass is 513 g/mol. The first-order chi connectivity index (χ1) is 18.4. The Balaban J connectivity index is 1.11. The zero-order chi connectivity index (χ0) is 26.4. The Labute approximate surface area is 223 Å². The molecule has 3 aliphatic rings. The second kappa shape index (κ2) is 9.57. The molecule has 1 saturated heterocycles. The molecule has 3 aromatic rings. The van der Waals surface area contributed by atoms with Crippen molar-refractivity contribution in [3.05, 3.63) is 59.8 Å². The van der Waals surface area contributed by atoms with Crippen molar-refractivity contribution in [2.75, 3.05) is 24.5 Å². The summed E-state index contributed by atoms with van der Waals surface area (Å²) >= 11 is 0. The van der Waals surface area contributed by atoms with Gasteiger partial charge in [0.2, 0.25) is 11.8 Å². The zero-order valence-electron chi connectivity index (χ0n) is 22.2. The molecular weight excluding hydrogens is 478 g/mol. The average Bonchev–Trinajstić information content (AvgIpc) is 3.37. The molecule has 0 radical (unpaired) electrons. The summed E-state index contributed by atoms with van der Waals surface area (Å²) < 4.78 is 1.67. The van der Waals surface area contributed by atoms with Gasteiger partial charge in [-0.25, -0.2) is 0 Å². The molecule has 1 aliphatic carbocycles. The van der Waals surface area contributed by atoms with Gasteiger partial charge in [-0.3, -0.25) is 19.1 Å². The van der Waals surface area contributed by atoms with E-state index in [0.29, 0.717) is 44.1 Å². The van der Waals surface area contributed by atoms with E-state index in [4.69, 9.17) is 0 Å². The van der Waals surface area contributed by atoms with Gasteiger partial charge in [-0.1, -0.05) is 36.4 Å². The largest absolute Gasteiger partial charge is 0.348 e. The van der Waals surface area contributed by atoms with Crippen molar-refractivity contribution in [2.24, 2.45) is 13.0 Å². The maximum Gasteiger partial charge on any atom is 0.270 e. The highest BCUT2D eigenvalue weighted by Gasteiger charge is 2.52. The fraction of sp³-hybridized carbons (Fsp3) is 0.467. The molecule has 2 aliphatic heterocycles. The second-order valence-corrected chi connectivity index (χ2v) is 11.2. The number of fused-ring (bicyclic) bond motifs is 3. The molecule has 0 atom stereocenters. The van der Waals surface area contributed by atoms with E-state index in [2.05, 4.69) is 22.5 Å². The lowest BCUT2D eigenvalue weighted by Gasteiger charge is -2.38. The van der Waals surface area contributed by atoms with Gasteiger partial charge in [-0.2, -0.15) is 5.10 Å². The molecule has 1 spiro atoms. The van der Waals surface area contributed by atoms with Crippen LogP contribution in [0.25, 0.3) is 10.9 Å². The molecule has 0 unspecified atom stereocenters. The number of para-hydroxylation sites is 1. The van der Waals surface area contributed by atoms with E-state index < -0.39 is 5.41 Å². The smallest absolute Gasteiger partial charge is 0.270 e. The highest BCUT2D eigenvalue weighted by atomic mass is 16.2. The number of anilines is 1. The fourth-order valence-electron chi connectivity index (χ4n) is 6.88. The molecule has 1 aromatic heterocycles. The van der Waals surface area contributed by atoms with Crippen molar-refractivity contribution in [1.29, 1.82) is 0 Å². The van der Waals surface area contributed by atoms with E-state index in [-0.39, 0.29) is 23.8 Å². The highest BCUT2D eigenvalue weighted by Crippen LogP contribution is 2.48. The number of amides is 3.